The molecular weight excluding hydrogens is 229 g/mol. The molecule has 17 heavy (non-hydrogen) atoms. The molecule has 0 aliphatic rings. The van der Waals surface area contributed by atoms with E-state index < -0.39 is 11.7 Å². The number of halogens is 3. The monoisotopic (exact) mass is 240 g/mol. The van der Waals surface area contributed by atoms with Crippen LogP contribution in [0.5, 0.6) is 0 Å². The van der Waals surface area contributed by atoms with Crippen molar-refractivity contribution >= 4 is 0 Å². The van der Waals surface area contributed by atoms with Gasteiger partial charge in [0, 0.05) is 25.0 Å². The minimum absolute atomic E-state index is 0.477. The highest BCUT2D eigenvalue weighted by atomic mass is 19.4. The van der Waals surface area contributed by atoms with Crippen LogP contribution in [0.15, 0.2) is 30.6 Å². The molecule has 0 atom stereocenters. The van der Waals surface area contributed by atoms with Crippen molar-refractivity contribution < 1.29 is 13.2 Å². The van der Waals surface area contributed by atoms with Crippen molar-refractivity contribution in [2.75, 3.05) is 0 Å². The predicted molar refractivity (Wildman–Crippen MR) is 58.4 cm³/mol. The summed E-state index contributed by atoms with van der Waals surface area (Å²) >= 11 is 0. The van der Waals surface area contributed by atoms with Gasteiger partial charge in [-0.15, -0.1) is 0 Å². The van der Waals surface area contributed by atoms with Gasteiger partial charge < -0.3 is 4.57 Å². The van der Waals surface area contributed by atoms with E-state index >= 15 is 0 Å². The molecule has 0 saturated heterocycles. The van der Waals surface area contributed by atoms with E-state index in [4.69, 9.17) is 0 Å². The molecule has 0 fully saturated rings. The molecule has 0 radical (unpaired) electrons. The topological polar surface area (TPSA) is 17.8 Å². The average Bonchev–Trinajstić information content (AvgIpc) is 2.62. The van der Waals surface area contributed by atoms with Gasteiger partial charge in [0.25, 0.3) is 0 Å². The van der Waals surface area contributed by atoms with Gasteiger partial charge in [-0.1, -0.05) is 0 Å². The van der Waals surface area contributed by atoms with Gasteiger partial charge in [0.1, 0.15) is 5.82 Å². The molecule has 0 unspecified atom stereocenters. The number of alkyl halides is 3. The smallest absolute Gasteiger partial charge is 0.334 e. The van der Waals surface area contributed by atoms with Crippen LogP contribution in [-0.2, 0) is 13.2 Å². The Morgan fingerprint density at radius 2 is 1.88 bits per heavy atom. The molecule has 0 amide bonds. The summed E-state index contributed by atoms with van der Waals surface area (Å²) in [6.45, 7) is 1.64. The second-order valence-corrected chi connectivity index (χ2v) is 3.95. The summed E-state index contributed by atoms with van der Waals surface area (Å²) in [5.74, 6) is 0.527. The summed E-state index contributed by atoms with van der Waals surface area (Å²) < 4.78 is 39.7. The Hall–Kier alpha value is -1.78. The Bertz CT molecular complexity index is 541. The van der Waals surface area contributed by atoms with E-state index in [9.17, 15) is 13.2 Å². The number of nitrogens with zero attached hydrogens (tertiary/aromatic N) is 2. The van der Waals surface area contributed by atoms with Gasteiger partial charge in [0.05, 0.1) is 5.56 Å². The zero-order valence-electron chi connectivity index (χ0n) is 9.42. The van der Waals surface area contributed by atoms with Crippen molar-refractivity contribution in [3.8, 4) is 11.4 Å². The summed E-state index contributed by atoms with van der Waals surface area (Å²) in [5.41, 5.74) is 0.401. The van der Waals surface area contributed by atoms with Gasteiger partial charge in [-0.25, -0.2) is 4.98 Å². The number of rotatable bonds is 1. The van der Waals surface area contributed by atoms with Crippen molar-refractivity contribution in [3.05, 3.63) is 41.7 Å². The fourth-order valence-corrected chi connectivity index (χ4v) is 1.72. The van der Waals surface area contributed by atoms with E-state index in [-0.39, 0.29) is 0 Å². The molecule has 1 aromatic heterocycles. The van der Waals surface area contributed by atoms with Crippen LogP contribution in [-0.4, -0.2) is 9.55 Å². The maximum absolute atomic E-state index is 12.7. The van der Waals surface area contributed by atoms with Crippen molar-refractivity contribution in [1.82, 2.24) is 9.55 Å². The zero-order chi connectivity index (χ0) is 12.6. The van der Waals surface area contributed by atoms with Crippen LogP contribution < -0.4 is 0 Å². The van der Waals surface area contributed by atoms with E-state index in [1.54, 1.807) is 37.0 Å². The Labute approximate surface area is 96.7 Å². The van der Waals surface area contributed by atoms with Gasteiger partial charge in [0.2, 0.25) is 0 Å². The molecule has 1 aromatic carbocycles. The SMILES string of the molecule is Cc1cc(-c2nccn2C)cc(C(F)(F)F)c1. The first-order chi connectivity index (χ1) is 7.88. The lowest BCUT2D eigenvalue weighted by Crippen LogP contribution is -2.06. The van der Waals surface area contributed by atoms with Gasteiger partial charge >= 0.3 is 6.18 Å². The summed E-state index contributed by atoms with van der Waals surface area (Å²) in [5, 5.41) is 0. The molecule has 0 aliphatic carbocycles. The first-order valence-electron chi connectivity index (χ1n) is 5.04. The lowest BCUT2D eigenvalue weighted by atomic mass is 10.1. The van der Waals surface area contributed by atoms with Crippen molar-refractivity contribution in [1.29, 1.82) is 0 Å². The van der Waals surface area contributed by atoms with Crippen LogP contribution >= 0.6 is 0 Å². The Morgan fingerprint density at radius 1 is 1.18 bits per heavy atom. The normalized spacial score (nSPS) is 11.8. The quantitative estimate of drug-likeness (QED) is 0.746. The zero-order valence-corrected chi connectivity index (χ0v) is 9.42. The number of imidazole rings is 1. The third-order valence-electron chi connectivity index (χ3n) is 2.48. The highest BCUT2D eigenvalue weighted by molar-refractivity contribution is 5.58. The van der Waals surface area contributed by atoms with Gasteiger partial charge in [-0.3, -0.25) is 0 Å². The van der Waals surface area contributed by atoms with E-state index in [1.165, 1.54) is 0 Å². The highest BCUT2D eigenvalue weighted by Crippen LogP contribution is 2.32. The number of hydrogen-bond acceptors (Lipinski definition) is 1. The molecule has 0 N–H and O–H groups in total. The van der Waals surface area contributed by atoms with E-state index in [0.717, 1.165) is 12.1 Å². The molecule has 0 bridgehead atoms. The molecule has 0 aliphatic heterocycles. The molecule has 0 spiro atoms. The minimum atomic E-state index is -4.33. The summed E-state index contributed by atoms with van der Waals surface area (Å²) in [6.07, 6.45) is -1.07. The van der Waals surface area contributed by atoms with Crippen molar-refractivity contribution in [3.63, 3.8) is 0 Å². The Kier molecular flexibility index (Phi) is 2.69. The van der Waals surface area contributed by atoms with Crippen LogP contribution in [0, 0.1) is 6.92 Å². The Morgan fingerprint density at radius 3 is 2.41 bits per heavy atom. The first kappa shape index (κ1) is 11.7. The lowest BCUT2D eigenvalue weighted by molar-refractivity contribution is -0.137. The first-order valence-corrected chi connectivity index (χ1v) is 5.04. The maximum atomic E-state index is 12.7. The molecule has 90 valence electrons. The number of hydrogen-bond donors (Lipinski definition) is 0. The van der Waals surface area contributed by atoms with Gasteiger partial charge in [-0.05, 0) is 30.7 Å². The summed E-state index contributed by atoms with van der Waals surface area (Å²) in [6, 6.07) is 3.94. The molecule has 2 aromatic rings. The van der Waals surface area contributed by atoms with E-state index in [0.29, 0.717) is 17.0 Å². The van der Waals surface area contributed by atoms with Crippen LogP contribution in [0.25, 0.3) is 11.4 Å². The number of aromatic nitrogens is 2. The summed E-state index contributed by atoms with van der Waals surface area (Å²) in [7, 11) is 1.75. The minimum Gasteiger partial charge on any atom is -0.334 e. The maximum Gasteiger partial charge on any atom is 0.416 e. The number of aryl methyl sites for hydroxylation is 2. The van der Waals surface area contributed by atoms with Crippen molar-refractivity contribution in [2.45, 2.75) is 13.1 Å². The molecule has 1 heterocycles. The van der Waals surface area contributed by atoms with E-state index in [1.807, 2.05) is 0 Å². The second-order valence-electron chi connectivity index (χ2n) is 3.95. The number of benzene rings is 1. The lowest BCUT2D eigenvalue weighted by Gasteiger charge is -2.10. The van der Waals surface area contributed by atoms with Gasteiger partial charge in [-0.2, -0.15) is 13.2 Å². The third kappa shape index (κ3) is 2.33. The van der Waals surface area contributed by atoms with Crippen molar-refractivity contribution in [2.24, 2.45) is 7.05 Å². The second kappa shape index (κ2) is 3.91. The largest absolute Gasteiger partial charge is 0.416 e. The van der Waals surface area contributed by atoms with Crippen LogP contribution in [0.4, 0.5) is 13.2 Å². The van der Waals surface area contributed by atoms with Gasteiger partial charge in [0.15, 0.2) is 0 Å². The van der Waals surface area contributed by atoms with Crippen LogP contribution in [0.3, 0.4) is 0 Å². The fraction of sp³-hybridized carbons (Fsp3) is 0.250. The standard InChI is InChI=1S/C12H11F3N2/c1-8-5-9(11-16-3-4-17(11)2)7-10(6-8)12(13,14)15/h3-7H,1-2H3. The molecule has 2 nitrogen and oxygen atoms in total. The molecule has 2 rings (SSSR count). The molecule has 0 saturated carbocycles. The average molecular weight is 240 g/mol. The molecule has 5 heteroatoms. The fourth-order valence-electron chi connectivity index (χ4n) is 1.72. The van der Waals surface area contributed by atoms with E-state index in [2.05, 4.69) is 4.98 Å². The molecular formula is C12H11F3N2. The highest BCUT2D eigenvalue weighted by Gasteiger charge is 2.31. The Balaban J connectivity index is 2.57. The predicted octanol–water partition coefficient (Wildman–Crippen LogP) is 3.41. The summed E-state index contributed by atoms with van der Waals surface area (Å²) in [4.78, 5) is 4.05. The van der Waals surface area contributed by atoms with Crippen LogP contribution in [0.1, 0.15) is 11.1 Å². The third-order valence-corrected chi connectivity index (χ3v) is 2.48. The van der Waals surface area contributed by atoms with Crippen LogP contribution in [0.2, 0.25) is 0 Å².